The summed E-state index contributed by atoms with van der Waals surface area (Å²) in [6, 6.07) is 0. The predicted octanol–water partition coefficient (Wildman–Crippen LogP) is 2.32. The Kier molecular flexibility index (Phi) is 6.51. The number of hydrogen-bond donors (Lipinski definition) is 1. The highest BCUT2D eigenvalue weighted by atomic mass is 16.3. The molecule has 0 saturated heterocycles. The molecule has 0 aliphatic carbocycles. The fourth-order valence-corrected chi connectivity index (χ4v) is 1.36. The van der Waals surface area contributed by atoms with E-state index in [2.05, 4.69) is 6.92 Å². The van der Waals surface area contributed by atoms with Crippen LogP contribution in [0.4, 0.5) is 0 Å². The first-order valence-corrected chi connectivity index (χ1v) is 4.90. The molecule has 0 radical (unpaired) electrons. The van der Waals surface area contributed by atoms with E-state index in [1.807, 2.05) is 13.8 Å². The number of carbonyl (C=O) groups excluding carboxylic acids is 1. The highest BCUT2D eigenvalue weighted by Gasteiger charge is 2.13. The van der Waals surface area contributed by atoms with Crippen LogP contribution in [0.2, 0.25) is 0 Å². The number of aliphatic hydroxyl groups is 1. The molecule has 76 valence electrons. The Hall–Kier alpha value is -0.630. The van der Waals surface area contributed by atoms with E-state index in [4.69, 9.17) is 0 Å². The summed E-state index contributed by atoms with van der Waals surface area (Å²) < 4.78 is 0. The third-order valence-electron chi connectivity index (χ3n) is 2.28. The molecular formula is C11H20O2. The lowest BCUT2D eigenvalue weighted by Gasteiger charge is -2.17. The second-order valence-corrected chi connectivity index (χ2v) is 3.69. The Bertz CT molecular complexity index is 173. The lowest BCUT2D eigenvalue weighted by Crippen LogP contribution is -2.17. The van der Waals surface area contributed by atoms with Gasteiger partial charge in [-0.05, 0) is 31.8 Å². The van der Waals surface area contributed by atoms with Gasteiger partial charge >= 0.3 is 0 Å². The summed E-state index contributed by atoms with van der Waals surface area (Å²) in [5.74, 6) is 0.319. The number of rotatable bonds is 6. The topological polar surface area (TPSA) is 37.3 Å². The Labute approximate surface area is 80.7 Å². The van der Waals surface area contributed by atoms with Crippen molar-refractivity contribution in [1.29, 1.82) is 0 Å². The fraction of sp³-hybridized carbons (Fsp3) is 0.727. The van der Waals surface area contributed by atoms with Gasteiger partial charge in [0.2, 0.25) is 0 Å². The van der Waals surface area contributed by atoms with Gasteiger partial charge in [-0.3, -0.25) is 4.79 Å². The fourth-order valence-electron chi connectivity index (χ4n) is 1.36. The molecule has 0 fully saturated rings. The molecule has 2 heteroatoms. The monoisotopic (exact) mass is 184 g/mol. The normalized spacial score (nSPS) is 16.8. The van der Waals surface area contributed by atoms with Crippen molar-refractivity contribution >= 4 is 6.29 Å². The minimum Gasteiger partial charge on any atom is -0.393 e. The molecule has 0 aromatic rings. The maximum absolute atomic E-state index is 10.1. The molecule has 0 aromatic heterocycles. The molecule has 0 spiro atoms. The summed E-state index contributed by atoms with van der Waals surface area (Å²) in [6.45, 7) is 6.02. The Morgan fingerprint density at radius 1 is 1.54 bits per heavy atom. The first-order chi connectivity index (χ1) is 6.11. The highest BCUT2D eigenvalue weighted by molar-refractivity contribution is 5.65. The summed E-state index contributed by atoms with van der Waals surface area (Å²) in [5, 5.41) is 9.69. The Morgan fingerprint density at radius 3 is 2.62 bits per heavy atom. The van der Waals surface area contributed by atoms with Crippen molar-refractivity contribution in [3.63, 3.8) is 0 Å². The zero-order chi connectivity index (χ0) is 10.3. The summed E-state index contributed by atoms with van der Waals surface area (Å²) in [5.41, 5.74) is 0.949. The average Bonchev–Trinajstić information content (AvgIpc) is 2.05. The van der Waals surface area contributed by atoms with Gasteiger partial charge in [0.1, 0.15) is 6.29 Å². The standard InChI is InChI=1S/C11H20O2/c1-4-5-10(3)11(13)8-9(2)6-7-12/h6-7,10-11,13H,4-5,8H2,1-3H3. The van der Waals surface area contributed by atoms with Crippen molar-refractivity contribution in [2.24, 2.45) is 5.92 Å². The van der Waals surface area contributed by atoms with E-state index in [0.717, 1.165) is 24.7 Å². The van der Waals surface area contributed by atoms with Gasteiger partial charge < -0.3 is 5.11 Å². The van der Waals surface area contributed by atoms with Crippen molar-refractivity contribution < 1.29 is 9.90 Å². The van der Waals surface area contributed by atoms with Gasteiger partial charge in [0.15, 0.2) is 0 Å². The SMILES string of the molecule is CCCC(C)C(O)CC(C)=CC=O. The number of hydrogen-bond acceptors (Lipinski definition) is 2. The minimum atomic E-state index is -0.309. The zero-order valence-electron chi connectivity index (χ0n) is 8.79. The van der Waals surface area contributed by atoms with E-state index >= 15 is 0 Å². The second kappa shape index (κ2) is 6.84. The van der Waals surface area contributed by atoms with Crippen LogP contribution in [0.15, 0.2) is 11.6 Å². The van der Waals surface area contributed by atoms with Gasteiger partial charge in [-0.15, -0.1) is 0 Å². The van der Waals surface area contributed by atoms with Crippen molar-refractivity contribution in [3.8, 4) is 0 Å². The Balaban J connectivity index is 3.90. The molecule has 2 atom stereocenters. The molecule has 0 amide bonds. The molecule has 2 unspecified atom stereocenters. The van der Waals surface area contributed by atoms with Gasteiger partial charge in [-0.25, -0.2) is 0 Å². The summed E-state index contributed by atoms with van der Waals surface area (Å²) in [4.78, 5) is 10.1. The van der Waals surface area contributed by atoms with Crippen LogP contribution in [0.25, 0.3) is 0 Å². The van der Waals surface area contributed by atoms with Gasteiger partial charge in [-0.1, -0.05) is 25.8 Å². The molecule has 0 heterocycles. The molecule has 0 saturated carbocycles. The predicted molar refractivity (Wildman–Crippen MR) is 54.5 cm³/mol. The van der Waals surface area contributed by atoms with Gasteiger partial charge in [0.05, 0.1) is 6.10 Å². The van der Waals surface area contributed by atoms with Gasteiger partial charge in [0.25, 0.3) is 0 Å². The van der Waals surface area contributed by atoms with Crippen LogP contribution in [0.3, 0.4) is 0 Å². The highest BCUT2D eigenvalue weighted by Crippen LogP contribution is 2.16. The third kappa shape index (κ3) is 5.58. The Morgan fingerprint density at radius 2 is 2.15 bits per heavy atom. The van der Waals surface area contributed by atoms with Crippen molar-refractivity contribution in [3.05, 3.63) is 11.6 Å². The van der Waals surface area contributed by atoms with E-state index in [1.165, 1.54) is 6.08 Å². The number of aldehydes is 1. The van der Waals surface area contributed by atoms with Crippen molar-refractivity contribution in [2.75, 3.05) is 0 Å². The smallest absolute Gasteiger partial charge is 0.142 e. The minimum absolute atomic E-state index is 0.309. The lowest BCUT2D eigenvalue weighted by atomic mass is 9.94. The van der Waals surface area contributed by atoms with E-state index in [9.17, 15) is 9.90 Å². The first-order valence-electron chi connectivity index (χ1n) is 4.90. The molecular weight excluding hydrogens is 164 g/mol. The van der Waals surface area contributed by atoms with Crippen LogP contribution < -0.4 is 0 Å². The molecule has 0 bridgehead atoms. The van der Waals surface area contributed by atoms with E-state index < -0.39 is 0 Å². The van der Waals surface area contributed by atoms with Crippen LogP contribution in [0.1, 0.15) is 40.0 Å². The van der Waals surface area contributed by atoms with Crippen molar-refractivity contribution in [1.82, 2.24) is 0 Å². The zero-order valence-corrected chi connectivity index (χ0v) is 8.79. The summed E-state index contributed by atoms with van der Waals surface area (Å²) in [7, 11) is 0. The third-order valence-corrected chi connectivity index (χ3v) is 2.28. The number of allylic oxidation sites excluding steroid dienone is 1. The van der Waals surface area contributed by atoms with Crippen molar-refractivity contribution in [2.45, 2.75) is 46.1 Å². The average molecular weight is 184 g/mol. The van der Waals surface area contributed by atoms with Crippen LogP contribution in [0.5, 0.6) is 0 Å². The van der Waals surface area contributed by atoms with E-state index in [1.54, 1.807) is 0 Å². The first kappa shape index (κ1) is 12.4. The summed E-state index contributed by atoms with van der Waals surface area (Å²) >= 11 is 0. The molecule has 1 N–H and O–H groups in total. The number of aliphatic hydroxyl groups excluding tert-OH is 1. The van der Waals surface area contributed by atoms with Crippen LogP contribution in [-0.2, 0) is 4.79 Å². The van der Waals surface area contributed by atoms with E-state index in [-0.39, 0.29) is 6.10 Å². The second-order valence-electron chi connectivity index (χ2n) is 3.69. The molecule has 2 nitrogen and oxygen atoms in total. The summed E-state index contributed by atoms with van der Waals surface area (Å²) in [6.07, 6.45) is 4.72. The molecule has 0 aliphatic heterocycles. The van der Waals surface area contributed by atoms with Gasteiger partial charge in [0, 0.05) is 0 Å². The molecule has 0 rings (SSSR count). The lowest BCUT2D eigenvalue weighted by molar-refractivity contribution is -0.104. The number of carbonyl (C=O) groups is 1. The molecule has 13 heavy (non-hydrogen) atoms. The molecule has 0 aromatic carbocycles. The maximum Gasteiger partial charge on any atom is 0.142 e. The quantitative estimate of drug-likeness (QED) is 0.508. The van der Waals surface area contributed by atoms with Crippen LogP contribution >= 0.6 is 0 Å². The van der Waals surface area contributed by atoms with Gasteiger partial charge in [-0.2, -0.15) is 0 Å². The van der Waals surface area contributed by atoms with Crippen LogP contribution in [-0.4, -0.2) is 17.5 Å². The largest absolute Gasteiger partial charge is 0.393 e. The molecule has 0 aliphatic rings. The maximum atomic E-state index is 10.1. The van der Waals surface area contributed by atoms with Crippen LogP contribution in [0, 0.1) is 5.92 Å². The van der Waals surface area contributed by atoms with E-state index in [0.29, 0.717) is 12.3 Å².